The topological polar surface area (TPSA) is 51.8 Å². The van der Waals surface area contributed by atoms with E-state index in [-0.39, 0.29) is 0 Å². The maximum absolute atomic E-state index is 5.52. The summed E-state index contributed by atoms with van der Waals surface area (Å²) in [6.45, 7) is 2.63. The highest BCUT2D eigenvalue weighted by atomic mass is 14.9. The third-order valence-electron chi connectivity index (χ3n) is 2.83. The van der Waals surface area contributed by atoms with E-state index >= 15 is 0 Å². The first-order valence-corrected chi connectivity index (χ1v) is 5.34. The Labute approximate surface area is 84.8 Å². The summed E-state index contributed by atoms with van der Waals surface area (Å²) in [4.78, 5) is 8.86. The van der Waals surface area contributed by atoms with E-state index in [4.69, 9.17) is 5.73 Å². The number of rotatable bonds is 3. The molecule has 1 aromatic rings. The van der Waals surface area contributed by atoms with Crippen LogP contribution in [-0.2, 0) is 6.42 Å². The highest BCUT2D eigenvalue weighted by molar-refractivity contribution is 5.17. The average Bonchev–Trinajstić information content (AvgIpc) is 1.99. The minimum absolute atomic E-state index is 0.667. The molecule has 2 N–H and O–H groups in total. The van der Waals surface area contributed by atoms with Gasteiger partial charge in [-0.25, -0.2) is 9.97 Å². The molecule has 0 radical (unpaired) electrons. The number of aromatic nitrogens is 2. The van der Waals surface area contributed by atoms with Crippen LogP contribution in [0, 0.1) is 6.92 Å². The van der Waals surface area contributed by atoms with Crippen molar-refractivity contribution in [3.63, 3.8) is 0 Å². The van der Waals surface area contributed by atoms with Gasteiger partial charge < -0.3 is 5.73 Å². The van der Waals surface area contributed by atoms with Gasteiger partial charge in [0.2, 0.25) is 0 Å². The molecule has 3 heteroatoms. The zero-order chi connectivity index (χ0) is 9.97. The van der Waals surface area contributed by atoms with E-state index < -0.39 is 0 Å². The van der Waals surface area contributed by atoms with Crippen molar-refractivity contribution < 1.29 is 0 Å². The summed E-state index contributed by atoms with van der Waals surface area (Å²) < 4.78 is 0. The number of hydrogen-bond acceptors (Lipinski definition) is 3. The smallest absolute Gasteiger partial charge is 0.125 e. The second-order valence-corrected chi connectivity index (χ2v) is 4.00. The van der Waals surface area contributed by atoms with Crippen LogP contribution in [0.3, 0.4) is 0 Å². The van der Waals surface area contributed by atoms with Crippen molar-refractivity contribution in [3.05, 3.63) is 23.3 Å². The van der Waals surface area contributed by atoms with Crippen LogP contribution in [0.25, 0.3) is 0 Å². The van der Waals surface area contributed by atoms with E-state index in [0.717, 1.165) is 17.9 Å². The Morgan fingerprint density at radius 2 is 2.21 bits per heavy atom. The van der Waals surface area contributed by atoms with Crippen LogP contribution >= 0.6 is 0 Å². The van der Waals surface area contributed by atoms with Gasteiger partial charge in [0.25, 0.3) is 0 Å². The van der Waals surface area contributed by atoms with Gasteiger partial charge in [0.1, 0.15) is 5.82 Å². The zero-order valence-electron chi connectivity index (χ0n) is 8.66. The molecular formula is C11H17N3. The fourth-order valence-electron chi connectivity index (χ4n) is 1.84. The largest absolute Gasteiger partial charge is 0.330 e. The Bertz CT molecular complexity index is 318. The van der Waals surface area contributed by atoms with Crippen molar-refractivity contribution in [2.45, 2.75) is 38.5 Å². The Morgan fingerprint density at radius 3 is 2.79 bits per heavy atom. The fourth-order valence-corrected chi connectivity index (χ4v) is 1.84. The summed E-state index contributed by atoms with van der Waals surface area (Å²) in [5.74, 6) is 1.58. The average molecular weight is 191 g/mol. The predicted octanol–water partition coefficient (Wildman–Crippen LogP) is 1.55. The van der Waals surface area contributed by atoms with Gasteiger partial charge in [-0.1, -0.05) is 6.42 Å². The summed E-state index contributed by atoms with van der Waals surface area (Å²) in [5, 5.41) is 0. The highest BCUT2D eigenvalue weighted by Gasteiger charge is 2.21. The van der Waals surface area contributed by atoms with Crippen LogP contribution in [0.1, 0.15) is 42.4 Å². The molecule has 1 saturated carbocycles. The molecule has 2 rings (SSSR count). The van der Waals surface area contributed by atoms with Crippen molar-refractivity contribution in [1.82, 2.24) is 9.97 Å². The van der Waals surface area contributed by atoms with E-state index in [1.54, 1.807) is 0 Å². The molecule has 0 spiro atoms. The van der Waals surface area contributed by atoms with E-state index in [9.17, 15) is 0 Å². The van der Waals surface area contributed by atoms with Gasteiger partial charge in [0.15, 0.2) is 0 Å². The Balaban J connectivity index is 2.21. The Morgan fingerprint density at radius 1 is 1.43 bits per heavy atom. The third kappa shape index (κ3) is 1.93. The molecule has 3 nitrogen and oxygen atoms in total. The van der Waals surface area contributed by atoms with E-state index in [2.05, 4.69) is 16.0 Å². The SMILES string of the molecule is Cc1nc(CCN)cc(C2CCC2)n1. The first kappa shape index (κ1) is 9.59. The lowest BCUT2D eigenvalue weighted by atomic mass is 9.82. The van der Waals surface area contributed by atoms with Crippen LogP contribution < -0.4 is 5.73 Å². The molecular weight excluding hydrogens is 174 g/mol. The number of hydrogen-bond donors (Lipinski definition) is 1. The van der Waals surface area contributed by atoms with E-state index in [1.165, 1.54) is 25.0 Å². The molecule has 1 fully saturated rings. The standard InChI is InChI=1S/C11H17N3/c1-8-13-10(5-6-12)7-11(14-8)9-3-2-4-9/h7,9H,2-6,12H2,1H3. The first-order chi connectivity index (χ1) is 6.79. The molecule has 0 saturated heterocycles. The van der Waals surface area contributed by atoms with Crippen LogP contribution in [-0.4, -0.2) is 16.5 Å². The molecule has 0 unspecified atom stereocenters. The van der Waals surface area contributed by atoms with E-state index in [0.29, 0.717) is 12.5 Å². The highest BCUT2D eigenvalue weighted by Crippen LogP contribution is 2.35. The monoisotopic (exact) mass is 191 g/mol. The number of aryl methyl sites for hydroxylation is 1. The maximum atomic E-state index is 5.52. The molecule has 0 aromatic carbocycles. The van der Waals surface area contributed by atoms with Gasteiger partial charge in [-0.05, 0) is 32.4 Å². The van der Waals surface area contributed by atoms with Crippen LogP contribution in [0.5, 0.6) is 0 Å². The quantitative estimate of drug-likeness (QED) is 0.788. The summed E-state index contributed by atoms with van der Waals surface area (Å²) >= 11 is 0. The van der Waals surface area contributed by atoms with Gasteiger partial charge in [-0.2, -0.15) is 0 Å². The predicted molar refractivity (Wildman–Crippen MR) is 56.1 cm³/mol. The third-order valence-corrected chi connectivity index (χ3v) is 2.83. The van der Waals surface area contributed by atoms with Gasteiger partial charge in [0.05, 0.1) is 0 Å². The van der Waals surface area contributed by atoms with Crippen LogP contribution in [0.15, 0.2) is 6.07 Å². The minimum atomic E-state index is 0.667. The molecule has 14 heavy (non-hydrogen) atoms. The summed E-state index contributed by atoms with van der Waals surface area (Å²) in [6.07, 6.45) is 4.79. The molecule has 76 valence electrons. The zero-order valence-corrected chi connectivity index (χ0v) is 8.66. The van der Waals surface area contributed by atoms with Crippen LogP contribution in [0.2, 0.25) is 0 Å². The lowest BCUT2D eigenvalue weighted by molar-refractivity contribution is 0.409. The molecule has 1 aliphatic carbocycles. The number of nitrogens with zero attached hydrogens (tertiary/aromatic N) is 2. The normalized spacial score (nSPS) is 16.7. The van der Waals surface area contributed by atoms with Gasteiger partial charge >= 0.3 is 0 Å². The second kappa shape index (κ2) is 4.05. The van der Waals surface area contributed by atoms with Gasteiger partial charge in [-0.3, -0.25) is 0 Å². The van der Waals surface area contributed by atoms with Crippen molar-refractivity contribution in [2.24, 2.45) is 5.73 Å². The molecule has 1 aromatic heterocycles. The molecule has 0 atom stereocenters. The molecule has 0 amide bonds. The van der Waals surface area contributed by atoms with Crippen LogP contribution in [0.4, 0.5) is 0 Å². The molecule has 1 aliphatic rings. The van der Waals surface area contributed by atoms with Crippen molar-refractivity contribution in [1.29, 1.82) is 0 Å². The lowest BCUT2D eigenvalue weighted by Crippen LogP contribution is -2.14. The van der Waals surface area contributed by atoms with Gasteiger partial charge in [-0.15, -0.1) is 0 Å². The minimum Gasteiger partial charge on any atom is -0.330 e. The van der Waals surface area contributed by atoms with E-state index in [1.807, 2.05) is 6.92 Å². The van der Waals surface area contributed by atoms with Gasteiger partial charge in [0, 0.05) is 23.7 Å². The maximum Gasteiger partial charge on any atom is 0.125 e. The van der Waals surface area contributed by atoms with Crippen molar-refractivity contribution >= 4 is 0 Å². The molecule has 1 heterocycles. The second-order valence-electron chi connectivity index (χ2n) is 4.00. The fraction of sp³-hybridized carbons (Fsp3) is 0.636. The summed E-state index contributed by atoms with van der Waals surface area (Å²) in [7, 11) is 0. The number of nitrogens with two attached hydrogens (primary N) is 1. The molecule has 0 bridgehead atoms. The Kier molecular flexibility index (Phi) is 2.77. The molecule has 0 aliphatic heterocycles. The first-order valence-electron chi connectivity index (χ1n) is 5.34. The summed E-state index contributed by atoms with van der Waals surface area (Å²) in [5.41, 5.74) is 7.85. The Hall–Kier alpha value is -0.960. The lowest BCUT2D eigenvalue weighted by Gasteiger charge is -2.25. The summed E-state index contributed by atoms with van der Waals surface area (Å²) in [6, 6.07) is 2.13. The van der Waals surface area contributed by atoms with Crippen molar-refractivity contribution in [2.75, 3.05) is 6.54 Å². The van der Waals surface area contributed by atoms with Crippen molar-refractivity contribution in [3.8, 4) is 0 Å².